The summed E-state index contributed by atoms with van der Waals surface area (Å²) in [6, 6.07) is 33.5. The second-order valence-electron chi connectivity index (χ2n) is 33.6. The number of likely N-dealkylation sites (tertiary alicyclic amines) is 4. The summed E-state index contributed by atoms with van der Waals surface area (Å²) in [5.74, 6) is 0.0285. The van der Waals surface area contributed by atoms with E-state index in [2.05, 4.69) is 141 Å². The minimum absolute atomic E-state index is 0.0169. The zero-order valence-electron chi connectivity index (χ0n) is 73.0. The Morgan fingerprint density at radius 2 is 0.760 bits per heavy atom. The Kier molecular flexibility index (Phi) is 31.9. The Morgan fingerprint density at radius 1 is 0.408 bits per heavy atom. The van der Waals surface area contributed by atoms with Gasteiger partial charge in [0.1, 0.15) is 46.5 Å². The number of nitrogen functional groups attached to an aromatic ring is 4. The highest BCUT2D eigenvalue weighted by molar-refractivity contribution is 6.44. The number of aromatic nitrogens is 8. The molecule has 4 fully saturated rings. The maximum Gasteiger partial charge on any atom is 0.320 e. The molecule has 8 aliphatic heterocycles. The zero-order valence-corrected chi connectivity index (χ0v) is 73.0. The molecule has 664 valence electrons. The fourth-order valence-corrected chi connectivity index (χ4v) is 16.8. The number of carbonyl (C=O) groups excluding carboxylic acids is 7. The van der Waals surface area contributed by atoms with Crippen LogP contribution in [0.4, 0.5) is 46.5 Å². The van der Waals surface area contributed by atoms with E-state index in [4.69, 9.17) is 37.1 Å². The number of unbranched alkanes of at least 4 members (excludes halogenated alkanes) is 3. The number of aliphatic hydroxyl groups excluding tert-OH is 1. The Morgan fingerprint density at radius 3 is 1.18 bits per heavy atom. The van der Waals surface area contributed by atoms with Gasteiger partial charge in [-0.1, -0.05) is 144 Å². The van der Waals surface area contributed by atoms with Crippen LogP contribution in [0, 0.1) is 0 Å². The molecule has 0 saturated carbocycles. The quantitative estimate of drug-likeness (QED) is 0.0199. The summed E-state index contributed by atoms with van der Waals surface area (Å²) < 4.78 is 16.9. The first-order chi connectivity index (χ1) is 60.6. The van der Waals surface area contributed by atoms with Crippen LogP contribution in [0.2, 0.25) is 0 Å². The Labute approximate surface area is 731 Å². The van der Waals surface area contributed by atoms with E-state index in [1.165, 1.54) is 83.4 Å². The van der Waals surface area contributed by atoms with Crippen molar-refractivity contribution in [2.24, 2.45) is 0 Å². The molecule has 0 spiro atoms. The third kappa shape index (κ3) is 24.1. The van der Waals surface area contributed by atoms with E-state index in [1.807, 2.05) is 48.2 Å². The standard InChI is InChI=1S/C24H32N6O2.C23H29N5O3.C23H31N5O3.C23H29N5O3/c1-3-9-28(2)24(32)22-26-21(25)20-13-19(31)16-30(23(20)27-22)15-18-8-6-7-17(12-18)14-29-10-4-5-11-29;1-2-3-12-31-23-25-20(24)18-13-19(29)22(30)28(21(18)26-23)15-17-8-6-16(7-9-17)14-27-10-4-5-11-27;2*1-2-3-11-31-23-25-20(24)18-13-19(29)22(30)28(21(18)26-23)15-17-8-6-7-16(12-17)14-27-9-4-5-10-27/h6-8,12H,3-5,9-11,13-16H2,1-2H3,(H2,25,26,27);6-9H,2-5,10-15H2,1H3,(H2,24,25,26);6-8,12,22,30H,2-5,9-11,13-15H2,1H3,(H2,24,25,26);6-8,12H,2-5,9-11,13-15H2,1H3,(H2,24,25,26). The molecule has 12 heterocycles. The number of fused-ring (bicyclic) bond motifs is 4. The highest BCUT2D eigenvalue weighted by Crippen LogP contribution is 2.37. The molecule has 125 heavy (non-hydrogen) atoms. The van der Waals surface area contributed by atoms with Gasteiger partial charge in [-0.3, -0.25) is 63.0 Å². The van der Waals surface area contributed by atoms with Crippen LogP contribution in [0.3, 0.4) is 0 Å². The summed E-state index contributed by atoms with van der Waals surface area (Å²) >= 11 is 0. The lowest BCUT2D eigenvalue weighted by atomic mass is 10.0. The van der Waals surface area contributed by atoms with E-state index < -0.39 is 29.6 Å². The molecule has 32 nitrogen and oxygen atoms in total. The zero-order chi connectivity index (χ0) is 88.0. The molecule has 0 aliphatic carbocycles. The van der Waals surface area contributed by atoms with Crippen LogP contribution in [-0.4, -0.2) is 209 Å². The smallest absolute Gasteiger partial charge is 0.320 e. The molecule has 9 N–H and O–H groups in total. The summed E-state index contributed by atoms with van der Waals surface area (Å²) in [7, 11) is 1.73. The molecule has 0 bridgehead atoms. The van der Waals surface area contributed by atoms with E-state index in [9.17, 15) is 38.7 Å². The minimum atomic E-state index is -1.27. The summed E-state index contributed by atoms with van der Waals surface area (Å²) in [5.41, 5.74) is 35.5. The molecule has 1 atom stereocenters. The average Bonchev–Trinajstić information content (AvgIpc) is 0.982. The Hall–Kier alpha value is -11.7. The van der Waals surface area contributed by atoms with Crippen molar-refractivity contribution < 1.29 is 52.9 Å². The topological polar surface area (TPSA) is 404 Å². The van der Waals surface area contributed by atoms with Gasteiger partial charge in [-0.2, -0.15) is 29.9 Å². The highest BCUT2D eigenvalue weighted by Gasteiger charge is 2.39. The average molecular weight is 1710 g/mol. The molecule has 4 aromatic carbocycles. The maximum absolute atomic E-state index is 12.8. The number of Topliss-reactive ketones (excluding diaryl/α,β-unsaturated/α-hetero) is 4. The highest BCUT2D eigenvalue weighted by atomic mass is 16.5. The number of hydrogen-bond donors (Lipinski definition) is 5. The van der Waals surface area contributed by atoms with Gasteiger partial charge in [0.05, 0.1) is 39.5 Å². The lowest BCUT2D eigenvalue weighted by Gasteiger charge is -2.34. The van der Waals surface area contributed by atoms with Crippen LogP contribution >= 0.6 is 0 Å². The first-order valence-corrected chi connectivity index (χ1v) is 44.5. The monoisotopic (exact) mass is 1710 g/mol. The van der Waals surface area contributed by atoms with Crippen molar-refractivity contribution in [3.05, 3.63) is 170 Å². The van der Waals surface area contributed by atoms with Gasteiger partial charge in [0.25, 0.3) is 17.7 Å². The van der Waals surface area contributed by atoms with Crippen molar-refractivity contribution in [3.8, 4) is 18.0 Å². The third-order valence-corrected chi connectivity index (χ3v) is 23.5. The van der Waals surface area contributed by atoms with Crippen LogP contribution < -0.4 is 56.7 Å². The van der Waals surface area contributed by atoms with Crippen LogP contribution in [0.25, 0.3) is 0 Å². The van der Waals surface area contributed by atoms with Gasteiger partial charge < -0.3 is 57.0 Å². The number of aliphatic hydroxyl groups is 1. The van der Waals surface area contributed by atoms with Crippen LogP contribution in [-0.2, 0) is 107 Å². The molecule has 8 aliphatic rings. The molecular weight excluding hydrogens is 1590 g/mol. The van der Waals surface area contributed by atoms with Crippen molar-refractivity contribution in [1.82, 2.24) is 64.4 Å². The minimum Gasteiger partial charge on any atom is -0.463 e. The second-order valence-corrected chi connectivity index (χ2v) is 33.6. The number of ketones is 4. The lowest BCUT2D eigenvalue weighted by Crippen LogP contribution is -2.46. The second kappa shape index (κ2) is 43.8. The number of anilines is 8. The number of ether oxygens (including phenoxy) is 3. The molecule has 4 saturated heterocycles. The van der Waals surface area contributed by atoms with E-state index >= 15 is 0 Å². The summed E-state index contributed by atoms with van der Waals surface area (Å²) in [4.78, 5) is 140. The third-order valence-electron chi connectivity index (χ3n) is 23.5. The SMILES string of the molecule is CCCCOc1nc(N)c2c(n1)N(Cc1ccc(CN3CCCC3)cc1)C(=O)C(=O)C2.CCCCOc1nc(N)c2c(n1)N(Cc1cccc(CN3CCCC3)c1)C(=O)C(=O)C2.CCCCOc1nc(N)c2c(n1)N(Cc1cccc(CN3CCCC3)c1)C(O)C(=O)C2.CCCN(C)C(=O)c1nc(N)c2c(n1)N(Cc1cccc(CN3CCCC3)c1)CC(=O)C2. The number of carbonyl (C=O) groups is 7. The van der Waals surface area contributed by atoms with E-state index in [0.717, 1.165) is 146 Å². The number of rotatable bonds is 31. The van der Waals surface area contributed by atoms with Gasteiger partial charge in [0.2, 0.25) is 17.4 Å². The maximum atomic E-state index is 12.8. The first-order valence-electron chi connectivity index (χ1n) is 44.5. The van der Waals surface area contributed by atoms with Gasteiger partial charge in [-0.15, -0.1) is 0 Å². The molecule has 3 amide bonds. The molecule has 0 radical (unpaired) electrons. The van der Waals surface area contributed by atoms with Crippen molar-refractivity contribution in [2.45, 2.75) is 208 Å². The van der Waals surface area contributed by atoms with Gasteiger partial charge in [0, 0.05) is 101 Å². The van der Waals surface area contributed by atoms with Crippen molar-refractivity contribution in [1.29, 1.82) is 0 Å². The Bertz CT molecular complexity index is 5110. The molecule has 16 rings (SSSR count). The number of amides is 3. The number of nitrogens with two attached hydrogens (primary N) is 4. The first kappa shape index (κ1) is 91.0. The largest absolute Gasteiger partial charge is 0.463 e. The van der Waals surface area contributed by atoms with Crippen LogP contribution in [0.15, 0.2) is 97.1 Å². The number of benzene rings is 4. The van der Waals surface area contributed by atoms with Crippen LogP contribution in [0.5, 0.6) is 18.0 Å². The van der Waals surface area contributed by atoms with E-state index in [0.29, 0.717) is 85.0 Å². The van der Waals surface area contributed by atoms with Crippen molar-refractivity contribution in [3.63, 3.8) is 0 Å². The molecule has 8 aromatic rings. The number of hydrogen-bond acceptors (Lipinski definition) is 29. The van der Waals surface area contributed by atoms with Gasteiger partial charge >= 0.3 is 18.0 Å². The molecule has 32 heteroatoms. The summed E-state index contributed by atoms with van der Waals surface area (Å²) in [6.07, 6.45) is 15.2. The molecular formula is C93H121N21O11. The predicted molar refractivity (Wildman–Crippen MR) is 479 cm³/mol. The number of nitrogens with zero attached hydrogens (tertiary/aromatic N) is 17. The fourth-order valence-electron chi connectivity index (χ4n) is 16.8. The molecule has 4 aromatic heterocycles. The fraction of sp³-hybridized carbons (Fsp3) is 0.495. The summed E-state index contributed by atoms with van der Waals surface area (Å²) in [5, 5.41) is 10.7. The van der Waals surface area contributed by atoms with Gasteiger partial charge in [-0.25, -0.2) is 9.97 Å². The lowest BCUT2D eigenvalue weighted by molar-refractivity contribution is -0.136. The normalized spacial score (nSPS) is 17.1. The van der Waals surface area contributed by atoms with Crippen molar-refractivity contribution >= 4 is 87.4 Å². The summed E-state index contributed by atoms with van der Waals surface area (Å²) in [6.45, 7) is 24.7. The van der Waals surface area contributed by atoms with E-state index in [-0.39, 0.29) is 110 Å². The van der Waals surface area contributed by atoms with Crippen LogP contribution in [0.1, 0.15) is 201 Å². The van der Waals surface area contributed by atoms with Gasteiger partial charge in [-0.05, 0) is 174 Å². The van der Waals surface area contributed by atoms with Crippen molar-refractivity contribution in [2.75, 3.05) is 135 Å². The van der Waals surface area contributed by atoms with Gasteiger partial charge in [0.15, 0.2) is 17.8 Å². The van der Waals surface area contributed by atoms with E-state index in [1.54, 1.807) is 16.8 Å². The predicted octanol–water partition coefficient (Wildman–Crippen LogP) is 9.54. The Balaban J connectivity index is 0.000000143. The molecule has 1 unspecified atom stereocenters.